The van der Waals surface area contributed by atoms with E-state index in [0.29, 0.717) is 5.69 Å². The summed E-state index contributed by atoms with van der Waals surface area (Å²) >= 11 is 0. The van der Waals surface area contributed by atoms with E-state index >= 15 is 0 Å². The molecule has 3 rings (SSSR count). The first kappa shape index (κ1) is 24.4. The maximum atomic E-state index is 14.9. The molecule has 0 aliphatic carbocycles. The van der Waals surface area contributed by atoms with Gasteiger partial charge in [0.15, 0.2) is 5.69 Å². The number of halogens is 1. The van der Waals surface area contributed by atoms with Crippen molar-refractivity contribution in [1.82, 2.24) is 9.78 Å². The molecule has 34 heavy (non-hydrogen) atoms. The monoisotopic (exact) mass is 469 g/mol. The third kappa shape index (κ3) is 5.22. The Morgan fingerprint density at radius 3 is 2.18 bits per heavy atom. The summed E-state index contributed by atoms with van der Waals surface area (Å²) in [5, 5.41) is 6.74. The van der Waals surface area contributed by atoms with Gasteiger partial charge in [0.2, 0.25) is 0 Å². The summed E-state index contributed by atoms with van der Waals surface area (Å²) in [7, 11) is 2.32. The molecule has 0 radical (unpaired) electrons. The number of anilines is 1. The third-order valence-corrected chi connectivity index (χ3v) is 4.53. The number of hydrogen-bond acceptors (Lipinski definition) is 7. The number of nitrogens with zero attached hydrogens (tertiary/aromatic N) is 2. The molecule has 178 valence electrons. The molecular weight excluding hydrogens is 445 g/mol. The molecule has 3 aromatic rings. The summed E-state index contributed by atoms with van der Waals surface area (Å²) in [5.74, 6) is -2.48. The van der Waals surface area contributed by atoms with Gasteiger partial charge in [0.1, 0.15) is 22.7 Å². The number of nitrogens with one attached hydrogen (secondary N) is 1. The summed E-state index contributed by atoms with van der Waals surface area (Å²) in [6.07, 6.45) is -0.823. The molecule has 9 nitrogen and oxygen atoms in total. The van der Waals surface area contributed by atoms with E-state index < -0.39 is 29.5 Å². The molecule has 10 heteroatoms. The van der Waals surface area contributed by atoms with Crippen molar-refractivity contribution in [3.8, 4) is 16.9 Å². The molecule has 2 aromatic carbocycles. The predicted molar refractivity (Wildman–Crippen MR) is 121 cm³/mol. The quantitative estimate of drug-likeness (QED) is 0.430. The number of esters is 2. The number of hydrogen-bond donors (Lipinski definition) is 1. The number of benzene rings is 2. The van der Waals surface area contributed by atoms with Gasteiger partial charge in [-0.3, -0.25) is 5.32 Å². The summed E-state index contributed by atoms with van der Waals surface area (Å²) in [4.78, 5) is 37.3. The molecule has 0 saturated carbocycles. The van der Waals surface area contributed by atoms with E-state index in [4.69, 9.17) is 14.2 Å². The maximum Gasteiger partial charge on any atom is 0.412 e. The van der Waals surface area contributed by atoms with Crippen molar-refractivity contribution in [2.75, 3.05) is 19.5 Å². The highest BCUT2D eigenvalue weighted by Crippen LogP contribution is 2.31. The minimum Gasteiger partial charge on any atom is -0.465 e. The molecule has 0 spiro atoms. The number of para-hydroxylation sites is 1. The second-order valence-electron chi connectivity index (χ2n) is 8.12. The van der Waals surface area contributed by atoms with Gasteiger partial charge in [-0.2, -0.15) is 5.10 Å². The van der Waals surface area contributed by atoms with Crippen molar-refractivity contribution in [2.24, 2.45) is 0 Å². The average Bonchev–Trinajstić information content (AvgIpc) is 3.19. The maximum absolute atomic E-state index is 14.9. The summed E-state index contributed by atoms with van der Waals surface area (Å²) < 4.78 is 31.0. The Kier molecular flexibility index (Phi) is 7.00. The Morgan fingerprint density at radius 1 is 0.971 bits per heavy atom. The molecule has 0 saturated heterocycles. The van der Waals surface area contributed by atoms with Gasteiger partial charge in [0, 0.05) is 5.56 Å². The fraction of sp³-hybridized carbons (Fsp3) is 0.250. The lowest BCUT2D eigenvalue weighted by Crippen LogP contribution is -2.27. The van der Waals surface area contributed by atoms with Crippen molar-refractivity contribution in [1.29, 1.82) is 0 Å². The van der Waals surface area contributed by atoms with Crippen LogP contribution in [-0.4, -0.2) is 47.6 Å². The topological polar surface area (TPSA) is 109 Å². The SMILES string of the molecule is COC(=O)c1c(-c2ccc(NC(=O)OC(C)(C)C)c(F)c2)nn(-c2ccccc2)c1C(=O)OC. The van der Waals surface area contributed by atoms with Gasteiger partial charge in [-0.05, 0) is 45.0 Å². The molecule has 0 bridgehead atoms. The van der Waals surface area contributed by atoms with Gasteiger partial charge in [-0.25, -0.2) is 23.5 Å². The zero-order valence-corrected chi connectivity index (χ0v) is 19.3. The van der Waals surface area contributed by atoms with Crippen LogP contribution in [0.1, 0.15) is 41.6 Å². The smallest absolute Gasteiger partial charge is 0.412 e. The fourth-order valence-electron chi connectivity index (χ4n) is 3.13. The van der Waals surface area contributed by atoms with E-state index in [0.717, 1.165) is 13.2 Å². The fourth-order valence-corrected chi connectivity index (χ4v) is 3.13. The standard InChI is InChI=1S/C24H24FN3O6/c1-24(2,3)34-23(31)26-17-12-11-14(13-16(17)25)19-18(21(29)32-4)20(22(30)33-5)28(27-19)15-9-7-6-8-10-15/h6-13H,1-5H3,(H,26,31). The van der Waals surface area contributed by atoms with E-state index in [9.17, 15) is 18.8 Å². The van der Waals surface area contributed by atoms with Crippen LogP contribution in [0.25, 0.3) is 16.9 Å². The van der Waals surface area contributed by atoms with Gasteiger partial charge < -0.3 is 14.2 Å². The van der Waals surface area contributed by atoms with E-state index in [2.05, 4.69) is 10.4 Å². The van der Waals surface area contributed by atoms with Gasteiger partial charge in [0.05, 0.1) is 25.6 Å². The summed E-state index contributed by atoms with van der Waals surface area (Å²) in [5.41, 5.74) is -0.607. The molecule has 0 atom stereocenters. The van der Waals surface area contributed by atoms with Crippen LogP contribution in [0, 0.1) is 5.82 Å². The molecule has 0 fully saturated rings. The molecule has 0 aliphatic rings. The number of aromatic nitrogens is 2. The Balaban J connectivity index is 2.13. The van der Waals surface area contributed by atoms with E-state index in [1.807, 2.05) is 0 Å². The zero-order chi connectivity index (χ0) is 25.0. The van der Waals surface area contributed by atoms with Crippen LogP contribution < -0.4 is 5.32 Å². The first-order chi connectivity index (χ1) is 16.1. The van der Waals surface area contributed by atoms with Crippen LogP contribution in [-0.2, 0) is 14.2 Å². The van der Waals surface area contributed by atoms with Crippen molar-refractivity contribution in [3.05, 3.63) is 65.6 Å². The molecular formula is C24H24FN3O6. The molecule has 1 amide bonds. The van der Waals surface area contributed by atoms with E-state index in [1.165, 1.54) is 23.9 Å². The zero-order valence-electron chi connectivity index (χ0n) is 19.3. The second kappa shape index (κ2) is 9.74. The highest BCUT2D eigenvalue weighted by atomic mass is 19.1. The third-order valence-electron chi connectivity index (χ3n) is 4.53. The van der Waals surface area contributed by atoms with Crippen molar-refractivity contribution in [2.45, 2.75) is 26.4 Å². The van der Waals surface area contributed by atoms with E-state index in [-0.39, 0.29) is 28.2 Å². The minimum absolute atomic E-state index is 0.00109. The Morgan fingerprint density at radius 2 is 1.62 bits per heavy atom. The first-order valence-corrected chi connectivity index (χ1v) is 10.2. The van der Waals surface area contributed by atoms with Crippen LogP contribution >= 0.6 is 0 Å². The van der Waals surface area contributed by atoms with Crippen molar-refractivity contribution >= 4 is 23.7 Å². The molecule has 1 aromatic heterocycles. The van der Waals surface area contributed by atoms with Gasteiger partial charge in [0.25, 0.3) is 0 Å². The highest BCUT2D eigenvalue weighted by Gasteiger charge is 2.31. The molecule has 0 unspecified atom stereocenters. The lowest BCUT2D eigenvalue weighted by atomic mass is 10.0. The number of carbonyl (C=O) groups excluding carboxylic acids is 3. The number of ether oxygens (including phenoxy) is 3. The first-order valence-electron chi connectivity index (χ1n) is 10.2. The van der Waals surface area contributed by atoms with Crippen molar-refractivity contribution in [3.63, 3.8) is 0 Å². The van der Waals surface area contributed by atoms with Crippen molar-refractivity contribution < 1.29 is 33.0 Å². The summed E-state index contributed by atoms with van der Waals surface area (Å²) in [6, 6.07) is 12.4. The Hall–Kier alpha value is -4.21. The summed E-state index contributed by atoms with van der Waals surface area (Å²) in [6.45, 7) is 5.05. The number of rotatable bonds is 5. The molecule has 1 N–H and O–H groups in total. The number of carbonyl (C=O) groups is 3. The predicted octanol–water partition coefficient (Wildman–Crippen LogP) is 4.60. The lowest BCUT2D eigenvalue weighted by molar-refractivity contribution is 0.0549. The Bertz CT molecular complexity index is 1230. The Labute approximate surface area is 195 Å². The van der Waals surface area contributed by atoms with E-state index in [1.54, 1.807) is 51.1 Å². The van der Waals surface area contributed by atoms with Gasteiger partial charge >= 0.3 is 18.0 Å². The minimum atomic E-state index is -0.853. The highest BCUT2D eigenvalue weighted by molar-refractivity contribution is 6.07. The normalized spacial score (nSPS) is 11.0. The average molecular weight is 469 g/mol. The van der Waals surface area contributed by atoms with Gasteiger partial charge in [-0.1, -0.05) is 24.3 Å². The lowest BCUT2D eigenvalue weighted by Gasteiger charge is -2.19. The van der Waals surface area contributed by atoms with Crippen LogP contribution in [0.5, 0.6) is 0 Å². The number of methoxy groups -OCH3 is 2. The molecule has 0 aliphatic heterocycles. The van der Waals surface area contributed by atoms with Crippen LogP contribution in [0.3, 0.4) is 0 Å². The number of amides is 1. The van der Waals surface area contributed by atoms with Crippen LogP contribution in [0.4, 0.5) is 14.9 Å². The van der Waals surface area contributed by atoms with Crippen LogP contribution in [0.2, 0.25) is 0 Å². The van der Waals surface area contributed by atoms with Crippen LogP contribution in [0.15, 0.2) is 48.5 Å². The van der Waals surface area contributed by atoms with Gasteiger partial charge in [-0.15, -0.1) is 0 Å². The molecule has 1 heterocycles. The largest absolute Gasteiger partial charge is 0.465 e. The second-order valence-corrected chi connectivity index (χ2v) is 8.12.